The fourth-order valence-electron chi connectivity index (χ4n) is 1.25. The van der Waals surface area contributed by atoms with Crippen LogP contribution in [0.15, 0.2) is 33.7 Å². The van der Waals surface area contributed by atoms with E-state index in [4.69, 9.17) is 4.42 Å². The maximum absolute atomic E-state index is 5.03. The minimum Gasteiger partial charge on any atom is -0.472 e. The largest absolute Gasteiger partial charge is 0.472 e. The van der Waals surface area contributed by atoms with Crippen LogP contribution in [0.4, 0.5) is 0 Å². The molecule has 0 bridgehead atoms. The second-order valence-corrected chi connectivity index (χ2v) is 4.41. The summed E-state index contributed by atoms with van der Waals surface area (Å²) >= 11 is 3.39. The minimum atomic E-state index is 0.313. The van der Waals surface area contributed by atoms with Gasteiger partial charge >= 0.3 is 0 Å². The average molecular weight is 267 g/mol. The van der Waals surface area contributed by atoms with E-state index in [9.17, 15) is 0 Å². The lowest BCUT2D eigenvalue weighted by molar-refractivity contribution is 0.568. The summed E-state index contributed by atoms with van der Waals surface area (Å²) < 4.78 is 5.84. The first-order valence-electron chi connectivity index (χ1n) is 4.74. The molecule has 0 spiro atoms. The lowest BCUT2D eigenvalue weighted by Gasteiger charge is -2.05. The van der Waals surface area contributed by atoms with Crippen LogP contribution in [0.2, 0.25) is 0 Å². The van der Waals surface area contributed by atoms with Gasteiger partial charge in [-0.1, -0.05) is 13.8 Å². The van der Waals surface area contributed by atoms with Gasteiger partial charge in [0.05, 0.1) is 18.2 Å². The molecule has 0 aliphatic carbocycles. The lowest BCUT2D eigenvalue weighted by atomic mass is 10.2. The molecule has 0 aromatic carbocycles. The van der Waals surface area contributed by atoms with E-state index in [-0.39, 0.29) is 0 Å². The SMILES string of the molecule is CC(C)c1nc(Br)cc(-c2ccoc2)n1. The molecule has 0 N–H and O–H groups in total. The van der Waals surface area contributed by atoms with Crippen molar-refractivity contribution in [2.45, 2.75) is 19.8 Å². The van der Waals surface area contributed by atoms with Crippen LogP contribution >= 0.6 is 15.9 Å². The van der Waals surface area contributed by atoms with E-state index in [2.05, 4.69) is 39.7 Å². The highest BCUT2D eigenvalue weighted by Gasteiger charge is 2.08. The minimum absolute atomic E-state index is 0.313. The molecule has 0 aliphatic rings. The molecule has 0 saturated carbocycles. The lowest BCUT2D eigenvalue weighted by Crippen LogP contribution is -1.99. The normalized spacial score (nSPS) is 10.9. The number of rotatable bonds is 2. The van der Waals surface area contributed by atoms with Crippen molar-refractivity contribution in [2.24, 2.45) is 0 Å². The molecule has 0 fully saturated rings. The monoisotopic (exact) mass is 266 g/mol. The Bertz CT molecular complexity index is 452. The third-order valence-corrected chi connectivity index (χ3v) is 2.45. The standard InChI is InChI=1S/C11H11BrN2O/c1-7(2)11-13-9(5-10(12)14-11)8-3-4-15-6-8/h3-7H,1-2H3. The Balaban J connectivity index is 2.49. The van der Waals surface area contributed by atoms with Gasteiger partial charge in [0.2, 0.25) is 0 Å². The highest BCUT2D eigenvalue weighted by molar-refractivity contribution is 9.10. The summed E-state index contributed by atoms with van der Waals surface area (Å²) in [5, 5.41) is 0. The molecule has 4 heteroatoms. The topological polar surface area (TPSA) is 38.9 Å². The Kier molecular flexibility index (Phi) is 2.86. The van der Waals surface area contributed by atoms with E-state index in [1.807, 2.05) is 12.1 Å². The van der Waals surface area contributed by atoms with E-state index in [0.717, 1.165) is 21.7 Å². The van der Waals surface area contributed by atoms with Gasteiger partial charge in [-0.05, 0) is 28.1 Å². The maximum atomic E-state index is 5.03. The fraction of sp³-hybridized carbons (Fsp3) is 0.273. The van der Waals surface area contributed by atoms with Gasteiger partial charge in [0.25, 0.3) is 0 Å². The van der Waals surface area contributed by atoms with Crippen LogP contribution in [-0.4, -0.2) is 9.97 Å². The molecule has 78 valence electrons. The zero-order chi connectivity index (χ0) is 10.8. The van der Waals surface area contributed by atoms with Crippen LogP contribution in [0.25, 0.3) is 11.3 Å². The molecular weight excluding hydrogens is 256 g/mol. The van der Waals surface area contributed by atoms with E-state index < -0.39 is 0 Å². The van der Waals surface area contributed by atoms with E-state index >= 15 is 0 Å². The maximum Gasteiger partial charge on any atom is 0.132 e. The van der Waals surface area contributed by atoms with Gasteiger partial charge < -0.3 is 4.42 Å². The zero-order valence-electron chi connectivity index (χ0n) is 8.57. The van der Waals surface area contributed by atoms with Gasteiger partial charge in [-0.25, -0.2) is 9.97 Å². The van der Waals surface area contributed by atoms with Gasteiger partial charge in [-0.3, -0.25) is 0 Å². The molecule has 0 saturated heterocycles. The van der Waals surface area contributed by atoms with Crippen molar-refractivity contribution in [1.29, 1.82) is 0 Å². The summed E-state index contributed by atoms with van der Waals surface area (Å²) in [6.07, 6.45) is 3.32. The van der Waals surface area contributed by atoms with E-state index in [1.165, 1.54) is 0 Å². The van der Waals surface area contributed by atoms with Crippen LogP contribution in [0, 0.1) is 0 Å². The summed E-state index contributed by atoms with van der Waals surface area (Å²) in [6, 6.07) is 3.77. The highest BCUT2D eigenvalue weighted by Crippen LogP contribution is 2.22. The second kappa shape index (κ2) is 4.14. The quantitative estimate of drug-likeness (QED) is 0.780. The first-order valence-corrected chi connectivity index (χ1v) is 5.53. The molecule has 15 heavy (non-hydrogen) atoms. The molecule has 0 unspecified atom stereocenters. The summed E-state index contributed by atoms with van der Waals surface area (Å²) in [5.74, 6) is 1.15. The molecule has 2 aromatic rings. The molecule has 0 aliphatic heterocycles. The Morgan fingerprint density at radius 2 is 2.13 bits per heavy atom. The number of aromatic nitrogens is 2. The predicted octanol–water partition coefficient (Wildman–Crippen LogP) is 3.62. The molecule has 2 aromatic heterocycles. The van der Waals surface area contributed by atoms with Crippen LogP contribution < -0.4 is 0 Å². The van der Waals surface area contributed by atoms with Crippen molar-refractivity contribution in [2.75, 3.05) is 0 Å². The number of hydrogen-bond donors (Lipinski definition) is 0. The smallest absolute Gasteiger partial charge is 0.132 e. The molecule has 0 atom stereocenters. The number of hydrogen-bond acceptors (Lipinski definition) is 3. The molecule has 0 radical (unpaired) electrons. The Morgan fingerprint density at radius 3 is 2.73 bits per heavy atom. The van der Waals surface area contributed by atoms with Crippen molar-refractivity contribution >= 4 is 15.9 Å². The zero-order valence-corrected chi connectivity index (χ0v) is 10.2. The summed E-state index contributed by atoms with van der Waals surface area (Å²) in [5.41, 5.74) is 1.86. The molecule has 2 heterocycles. The Labute approximate surface area is 96.7 Å². The van der Waals surface area contributed by atoms with E-state index in [0.29, 0.717) is 5.92 Å². The third-order valence-electron chi connectivity index (χ3n) is 2.05. The second-order valence-electron chi connectivity index (χ2n) is 3.60. The number of halogens is 1. The number of furan rings is 1. The van der Waals surface area contributed by atoms with Gasteiger partial charge in [0.15, 0.2) is 0 Å². The summed E-state index contributed by atoms with van der Waals surface area (Å²) in [4.78, 5) is 8.79. The Morgan fingerprint density at radius 1 is 1.33 bits per heavy atom. The van der Waals surface area contributed by atoms with Crippen LogP contribution in [0.5, 0.6) is 0 Å². The average Bonchev–Trinajstić information content (AvgIpc) is 2.69. The van der Waals surface area contributed by atoms with Gasteiger partial charge in [-0.15, -0.1) is 0 Å². The van der Waals surface area contributed by atoms with Gasteiger partial charge in [-0.2, -0.15) is 0 Å². The highest BCUT2D eigenvalue weighted by atomic mass is 79.9. The van der Waals surface area contributed by atoms with Crippen LogP contribution in [0.1, 0.15) is 25.6 Å². The van der Waals surface area contributed by atoms with Crippen molar-refractivity contribution < 1.29 is 4.42 Å². The van der Waals surface area contributed by atoms with Crippen molar-refractivity contribution in [3.05, 3.63) is 35.1 Å². The van der Waals surface area contributed by atoms with Crippen molar-refractivity contribution in [3.8, 4) is 11.3 Å². The number of nitrogens with zero attached hydrogens (tertiary/aromatic N) is 2. The van der Waals surface area contributed by atoms with E-state index in [1.54, 1.807) is 12.5 Å². The summed E-state index contributed by atoms with van der Waals surface area (Å²) in [7, 11) is 0. The first kappa shape index (κ1) is 10.4. The summed E-state index contributed by atoms with van der Waals surface area (Å²) in [6.45, 7) is 4.14. The first-order chi connectivity index (χ1) is 7.16. The molecular formula is C11H11BrN2O. The van der Waals surface area contributed by atoms with Crippen LogP contribution in [-0.2, 0) is 0 Å². The molecule has 2 rings (SSSR count). The van der Waals surface area contributed by atoms with Crippen LogP contribution in [0.3, 0.4) is 0 Å². The fourth-order valence-corrected chi connectivity index (χ4v) is 1.65. The van der Waals surface area contributed by atoms with Crippen molar-refractivity contribution in [3.63, 3.8) is 0 Å². The molecule has 3 nitrogen and oxygen atoms in total. The van der Waals surface area contributed by atoms with Crippen molar-refractivity contribution in [1.82, 2.24) is 9.97 Å². The van der Waals surface area contributed by atoms with Gasteiger partial charge in [0, 0.05) is 11.5 Å². The third kappa shape index (κ3) is 2.26. The Hall–Kier alpha value is -1.16. The van der Waals surface area contributed by atoms with Gasteiger partial charge in [0.1, 0.15) is 10.4 Å². The predicted molar refractivity (Wildman–Crippen MR) is 61.5 cm³/mol. The molecule has 0 amide bonds.